The predicted octanol–water partition coefficient (Wildman–Crippen LogP) is 1.06. The number of ketones is 1. The molecular weight excluding hydrogens is 144 g/mol. The molecule has 0 saturated heterocycles. The predicted molar refractivity (Wildman–Crippen MR) is 39.0 cm³/mol. The molecule has 62 valence electrons. The van der Waals surface area contributed by atoms with E-state index in [1.807, 2.05) is 0 Å². The largest absolute Gasteiger partial charge is 0.462 e. The van der Waals surface area contributed by atoms with Crippen molar-refractivity contribution in [1.82, 2.24) is 0 Å². The number of esters is 1. The van der Waals surface area contributed by atoms with Crippen LogP contribution < -0.4 is 0 Å². The van der Waals surface area contributed by atoms with Gasteiger partial charge in [-0.25, -0.2) is 0 Å². The molecule has 3 nitrogen and oxygen atoms in total. The van der Waals surface area contributed by atoms with E-state index in [2.05, 4.69) is 0 Å². The van der Waals surface area contributed by atoms with E-state index in [1.165, 1.54) is 6.92 Å². The van der Waals surface area contributed by atoms with Crippen LogP contribution in [-0.4, -0.2) is 17.9 Å². The molecule has 0 aliphatic heterocycles. The highest BCUT2D eigenvalue weighted by Crippen LogP contribution is 2.17. The summed E-state index contributed by atoms with van der Waals surface area (Å²) in [6, 6.07) is 0. The minimum absolute atomic E-state index is 0.145. The second-order valence-corrected chi connectivity index (χ2v) is 2.87. The summed E-state index contributed by atoms with van der Waals surface area (Å²) in [5, 5.41) is 0. The van der Waals surface area contributed by atoms with Crippen LogP contribution in [0.25, 0.3) is 0 Å². The lowest BCUT2D eigenvalue weighted by atomic mass is 9.96. The molecule has 0 aromatic carbocycles. The summed E-state index contributed by atoms with van der Waals surface area (Å²) < 4.78 is 4.90. The van der Waals surface area contributed by atoms with Crippen LogP contribution in [-0.2, 0) is 14.3 Å². The van der Waals surface area contributed by atoms with E-state index in [1.54, 1.807) is 0 Å². The molecule has 0 N–H and O–H groups in total. The number of ether oxygens (including phenoxy) is 1. The van der Waals surface area contributed by atoms with Crippen molar-refractivity contribution in [3.8, 4) is 0 Å². The van der Waals surface area contributed by atoms with E-state index in [4.69, 9.17) is 4.74 Å². The average molecular weight is 156 g/mol. The first-order valence-corrected chi connectivity index (χ1v) is 3.87. The maximum absolute atomic E-state index is 10.9. The molecule has 0 bridgehead atoms. The lowest BCUT2D eigenvalue weighted by Gasteiger charge is -2.19. The highest BCUT2D eigenvalue weighted by molar-refractivity contribution is 5.80. The minimum atomic E-state index is -0.287. The van der Waals surface area contributed by atoms with Crippen LogP contribution in [0.1, 0.15) is 32.6 Å². The van der Waals surface area contributed by atoms with Crippen LogP contribution in [0.15, 0.2) is 0 Å². The van der Waals surface area contributed by atoms with Crippen LogP contribution in [0.5, 0.6) is 0 Å². The Morgan fingerprint density at radius 3 is 2.91 bits per heavy atom. The number of hydrogen-bond donors (Lipinski definition) is 0. The maximum atomic E-state index is 10.9. The summed E-state index contributed by atoms with van der Waals surface area (Å²) in [4.78, 5) is 21.3. The van der Waals surface area contributed by atoms with Crippen molar-refractivity contribution in [2.45, 2.75) is 38.7 Å². The molecule has 1 atom stereocenters. The third-order valence-electron chi connectivity index (χ3n) is 1.77. The zero-order chi connectivity index (χ0) is 8.27. The van der Waals surface area contributed by atoms with E-state index in [-0.39, 0.29) is 17.9 Å². The second-order valence-electron chi connectivity index (χ2n) is 2.87. The Hall–Kier alpha value is -0.860. The summed E-state index contributed by atoms with van der Waals surface area (Å²) in [7, 11) is 0. The molecule has 0 unspecified atom stereocenters. The zero-order valence-electron chi connectivity index (χ0n) is 6.63. The summed E-state index contributed by atoms with van der Waals surface area (Å²) in [6.07, 6.45) is 2.62. The number of carbonyl (C=O) groups is 2. The summed E-state index contributed by atoms with van der Waals surface area (Å²) in [5.41, 5.74) is 0. The van der Waals surface area contributed by atoms with Gasteiger partial charge in [0.25, 0.3) is 0 Å². The van der Waals surface area contributed by atoms with Gasteiger partial charge in [-0.1, -0.05) is 0 Å². The monoisotopic (exact) mass is 156 g/mol. The smallest absolute Gasteiger partial charge is 0.302 e. The average Bonchev–Trinajstić information content (AvgIpc) is 1.85. The molecule has 0 spiro atoms. The third-order valence-corrected chi connectivity index (χ3v) is 1.77. The number of carbonyl (C=O) groups excluding carboxylic acids is 2. The molecule has 11 heavy (non-hydrogen) atoms. The first-order valence-electron chi connectivity index (χ1n) is 3.87. The lowest BCUT2D eigenvalue weighted by Crippen LogP contribution is -2.24. The van der Waals surface area contributed by atoms with E-state index >= 15 is 0 Å². The molecule has 1 aliphatic rings. The van der Waals surface area contributed by atoms with Gasteiger partial charge >= 0.3 is 5.97 Å². The summed E-state index contributed by atoms with van der Waals surface area (Å²) in [6.45, 7) is 1.37. The topological polar surface area (TPSA) is 43.4 Å². The van der Waals surface area contributed by atoms with Gasteiger partial charge in [-0.3, -0.25) is 9.59 Å². The molecule has 1 aliphatic carbocycles. The first kappa shape index (κ1) is 8.24. The Morgan fingerprint density at radius 2 is 2.36 bits per heavy atom. The van der Waals surface area contributed by atoms with Gasteiger partial charge in [0.1, 0.15) is 11.9 Å². The quantitative estimate of drug-likeness (QED) is 0.533. The Labute approximate surface area is 65.7 Å². The van der Waals surface area contributed by atoms with Crippen molar-refractivity contribution < 1.29 is 14.3 Å². The van der Waals surface area contributed by atoms with Crippen LogP contribution in [0.2, 0.25) is 0 Å². The molecule has 3 heteroatoms. The van der Waals surface area contributed by atoms with Gasteiger partial charge in [0, 0.05) is 19.8 Å². The van der Waals surface area contributed by atoms with E-state index in [9.17, 15) is 9.59 Å². The highest BCUT2D eigenvalue weighted by Gasteiger charge is 2.21. The van der Waals surface area contributed by atoms with Crippen molar-refractivity contribution >= 4 is 11.8 Å². The summed E-state index contributed by atoms with van der Waals surface area (Å²) >= 11 is 0. The van der Waals surface area contributed by atoms with Crippen LogP contribution in [0.4, 0.5) is 0 Å². The fourth-order valence-corrected chi connectivity index (χ4v) is 1.32. The minimum Gasteiger partial charge on any atom is -0.462 e. The van der Waals surface area contributed by atoms with Crippen molar-refractivity contribution in [2.75, 3.05) is 0 Å². The standard InChI is InChI=1S/C8H12O3/c1-6(9)11-8-4-2-3-7(10)5-8/h8H,2-5H2,1H3/t8-/m1/s1. The summed E-state index contributed by atoms with van der Waals surface area (Å²) in [5.74, 6) is -0.0767. The molecule has 1 saturated carbocycles. The highest BCUT2D eigenvalue weighted by atomic mass is 16.5. The van der Waals surface area contributed by atoms with E-state index in [0.717, 1.165) is 12.8 Å². The maximum Gasteiger partial charge on any atom is 0.302 e. The van der Waals surface area contributed by atoms with Crippen LogP contribution >= 0.6 is 0 Å². The van der Waals surface area contributed by atoms with Gasteiger partial charge in [0.2, 0.25) is 0 Å². The van der Waals surface area contributed by atoms with E-state index in [0.29, 0.717) is 12.8 Å². The molecule has 0 radical (unpaired) electrons. The van der Waals surface area contributed by atoms with Crippen LogP contribution in [0, 0.1) is 0 Å². The second kappa shape index (κ2) is 3.51. The van der Waals surface area contributed by atoms with Gasteiger partial charge in [-0.15, -0.1) is 0 Å². The SMILES string of the molecule is CC(=O)O[C@@H]1CCCC(=O)C1. The normalized spacial score (nSPS) is 24.8. The zero-order valence-corrected chi connectivity index (χ0v) is 6.63. The van der Waals surface area contributed by atoms with Gasteiger partial charge in [0.15, 0.2) is 0 Å². The Kier molecular flexibility index (Phi) is 2.63. The molecule has 0 aromatic rings. The van der Waals surface area contributed by atoms with Crippen LogP contribution in [0.3, 0.4) is 0 Å². The number of rotatable bonds is 1. The molecule has 1 rings (SSSR count). The van der Waals surface area contributed by atoms with Gasteiger partial charge in [-0.2, -0.15) is 0 Å². The molecule has 0 heterocycles. The van der Waals surface area contributed by atoms with Crippen molar-refractivity contribution in [1.29, 1.82) is 0 Å². The molecule has 1 fully saturated rings. The Balaban J connectivity index is 2.34. The van der Waals surface area contributed by atoms with Gasteiger partial charge in [0.05, 0.1) is 0 Å². The Morgan fingerprint density at radius 1 is 1.64 bits per heavy atom. The Bertz CT molecular complexity index is 172. The molecule has 0 amide bonds. The van der Waals surface area contributed by atoms with Gasteiger partial charge in [-0.05, 0) is 12.8 Å². The fourth-order valence-electron chi connectivity index (χ4n) is 1.32. The van der Waals surface area contributed by atoms with Crippen molar-refractivity contribution in [2.24, 2.45) is 0 Å². The first-order chi connectivity index (χ1) is 5.18. The lowest BCUT2D eigenvalue weighted by molar-refractivity contribution is -0.149. The van der Waals surface area contributed by atoms with Crippen molar-refractivity contribution in [3.63, 3.8) is 0 Å². The fraction of sp³-hybridized carbons (Fsp3) is 0.750. The number of Topliss-reactive ketones (excluding diaryl/α,β-unsaturated/α-hetero) is 1. The number of hydrogen-bond acceptors (Lipinski definition) is 3. The molecule has 0 aromatic heterocycles. The molecular formula is C8H12O3. The van der Waals surface area contributed by atoms with Crippen molar-refractivity contribution in [3.05, 3.63) is 0 Å². The third kappa shape index (κ3) is 2.70. The van der Waals surface area contributed by atoms with Gasteiger partial charge < -0.3 is 4.74 Å². The van der Waals surface area contributed by atoms with E-state index < -0.39 is 0 Å².